The Morgan fingerprint density at radius 2 is 1.23 bits per heavy atom. The van der Waals surface area contributed by atoms with Crippen molar-refractivity contribution in [3.8, 4) is 0 Å². The normalized spacial score (nSPS) is 9.58. The van der Waals surface area contributed by atoms with Crippen molar-refractivity contribution in [2.75, 3.05) is 6.54 Å². The van der Waals surface area contributed by atoms with Gasteiger partial charge in [-0.05, 0) is 43.9 Å². The van der Waals surface area contributed by atoms with Gasteiger partial charge in [0.05, 0.1) is 0 Å². The zero-order valence-electron chi connectivity index (χ0n) is 18.3. The number of rotatable bonds is 13. The van der Waals surface area contributed by atoms with Gasteiger partial charge in [-0.25, -0.2) is 0 Å². The first-order valence-corrected chi connectivity index (χ1v) is 11.0. The van der Waals surface area contributed by atoms with Gasteiger partial charge in [0, 0.05) is 6.54 Å². The van der Waals surface area contributed by atoms with Gasteiger partial charge in [0.15, 0.2) is 0 Å². The highest BCUT2D eigenvalue weighted by Gasteiger charge is 1.96. The van der Waals surface area contributed by atoms with Crippen LogP contribution in [0.5, 0.6) is 0 Å². The quantitative estimate of drug-likeness (QED) is 0.299. The summed E-state index contributed by atoms with van der Waals surface area (Å²) in [6, 6.07) is 9.20. The summed E-state index contributed by atoms with van der Waals surface area (Å²) in [5, 5.41) is 3.50. The van der Waals surface area contributed by atoms with Crippen LogP contribution in [0.15, 0.2) is 24.3 Å². The molecule has 26 heavy (non-hydrogen) atoms. The van der Waals surface area contributed by atoms with Gasteiger partial charge in [-0.3, -0.25) is 0 Å². The van der Waals surface area contributed by atoms with Crippen LogP contribution in [0.3, 0.4) is 0 Å². The molecule has 0 unspecified atom stereocenters. The van der Waals surface area contributed by atoms with E-state index in [-0.39, 0.29) is 0 Å². The lowest BCUT2D eigenvalue weighted by atomic mass is 10.0. The van der Waals surface area contributed by atoms with Crippen LogP contribution >= 0.6 is 0 Å². The van der Waals surface area contributed by atoms with Crippen LogP contribution < -0.4 is 5.32 Å². The number of aryl methyl sites for hydroxylation is 1. The maximum atomic E-state index is 8.81. The van der Waals surface area contributed by atoms with Crippen molar-refractivity contribution in [3.05, 3.63) is 35.4 Å². The zero-order chi connectivity index (χ0) is 19.9. The SMILES string of the molecule is CC.CC=O.CCCCCCCCCc1ccc(CNCCCC)cc1. The minimum absolute atomic E-state index is 0.750. The number of hydrogen-bond acceptors (Lipinski definition) is 2. The number of nitrogens with one attached hydrogen (secondary N) is 1. The summed E-state index contributed by atoms with van der Waals surface area (Å²) < 4.78 is 0. The van der Waals surface area contributed by atoms with Crippen LogP contribution in [0, 0.1) is 0 Å². The molecule has 2 heteroatoms. The second-order valence-corrected chi connectivity index (χ2v) is 6.45. The number of unbranched alkanes of at least 4 members (excludes halogenated alkanes) is 7. The highest BCUT2D eigenvalue weighted by atomic mass is 16.1. The molecule has 1 N–H and O–H groups in total. The first-order chi connectivity index (χ1) is 12.8. The van der Waals surface area contributed by atoms with Gasteiger partial charge < -0.3 is 10.1 Å². The molecule has 0 atom stereocenters. The molecule has 0 heterocycles. The molecule has 0 saturated heterocycles. The molecule has 0 amide bonds. The van der Waals surface area contributed by atoms with E-state index >= 15 is 0 Å². The predicted octanol–water partition coefficient (Wildman–Crippen LogP) is 7.10. The average molecular weight is 364 g/mol. The Kier molecular flexibility index (Phi) is 24.8. The van der Waals surface area contributed by atoms with Gasteiger partial charge in [-0.2, -0.15) is 0 Å². The minimum atomic E-state index is 0.750. The van der Waals surface area contributed by atoms with E-state index < -0.39 is 0 Å². The van der Waals surface area contributed by atoms with Gasteiger partial charge >= 0.3 is 0 Å². The Hall–Kier alpha value is -1.15. The molecule has 0 bridgehead atoms. The molecular weight excluding hydrogens is 318 g/mol. The summed E-state index contributed by atoms with van der Waals surface area (Å²) in [7, 11) is 0. The van der Waals surface area contributed by atoms with Crippen molar-refractivity contribution in [2.45, 2.75) is 105 Å². The van der Waals surface area contributed by atoms with Gasteiger partial charge in [0.1, 0.15) is 6.29 Å². The average Bonchev–Trinajstić information content (AvgIpc) is 2.68. The van der Waals surface area contributed by atoms with Gasteiger partial charge in [-0.1, -0.05) is 96.9 Å². The Morgan fingerprint density at radius 3 is 1.77 bits per heavy atom. The number of benzene rings is 1. The molecule has 152 valence electrons. The number of carbonyl (C=O) groups excluding carboxylic acids is 1. The van der Waals surface area contributed by atoms with Crippen molar-refractivity contribution in [3.63, 3.8) is 0 Å². The van der Waals surface area contributed by atoms with E-state index in [4.69, 9.17) is 4.79 Å². The number of hydrogen-bond donors (Lipinski definition) is 1. The third-order valence-electron chi connectivity index (χ3n) is 4.13. The lowest BCUT2D eigenvalue weighted by Gasteiger charge is -2.06. The lowest BCUT2D eigenvalue weighted by molar-refractivity contribution is -0.106. The van der Waals surface area contributed by atoms with Crippen LogP contribution in [0.2, 0.25) is 0 Å². The summed E-state index contributed by atoms with van der Waals surface area (Å²) in [6.07, 6.45) is 14.3. The first kappa shape index (κ1) is 27.1. The standard InChI is InChI=1S/C20H35N.C2H4O.C2H6/c1-3-5-7-8-9-10-11-12-19-13-15-20(16-14-19)18-21-17-6-4-2;1-2-3;1-2/h13-16,21H,3-12,17-18H2,1-2H3;2H,1H3;1-2H3. The van der Waals surface area contributed by atoms with Crippen LogP contribution in [-0.4, -0.2) is 12.8 Å². The van der Waals surface area contributed by atoms with E-state index in [2.05, 4.69) is 43.4 Å². The van der Waals surface area contributed by atoms with E-state index in [0.29, 0.717) is 0 Å². The fourth-order valence-corrected chi connectivity index (χ4v) is 2.64. The first-order valence-electron chi connectivity index (χ1n) is 11.0. The van der Waals surface area contributed by atoms with Crippen molar-refractivity contribution in [1.29, 1.82) is 0 Å². The summed E-state index contributed by atoms with van der Waals surface area (Å²) in [6.45, 7) is 12.1. The highest BCUT2D eigenvalue weighted by molar-refractivity contribution is 5.44. The van der Waals surface area contributed by atoms with E-state index in [1.807, 2.05) is 13.8 Å². The third-order valence-corrected chi connectivity index (χ3v) is 4.13. The van der Waals surface area contributed by atoms with E-state index in [0.717, 1.165) is 19.4 Å². The minimum Gasteiger partial charge on any atom is -0.313 e. The molecule has 1 aromatic rings. The molecule has 0 saturated carbocycles. The smallest absolute Gasteiger partial charge is 0.116 e. The second-order valence-electron chi connectivity index (χ2n) is 6.45. The lowest BCUT2D eigenvalue weighted by Crippen LogP contribution is -2.14. The molecule has 0 fully saturated rings. The van der Waals surface area contributed by atoms with E-state index in [1.54, 1.807) is 0 Å². The molecule has 0 spiro atoms. The molecule has 1 rings (SSSR count). The highest BCUT2D eigenvalue weighted by Crippen LogP contribution is 2.11. The number of aldehydes is 1. The van der Waals surface area contributed by atoms with Gasteiger partial charge in [0.25, 0.3) is 0 Å². The predicted molar refractivity (Wildman–Crippen MR) is 118 cm³/mol. The maximum absolute atomic E-state index is 8.81. The van der Waals surface area contributed by atoms with E-state index in [1.165, 1.54) is 82.3 Å². The molecule has 0 aromatic heterocycles. The molecule has 0 radical (unpaired) electrons. The monoisotopic (exact) mass is 363 g/mol. The van der Waals surface area contributed by atoms with Gasteiger partial charge in [-0.15, -0.1) is 0 Å². The topological polar surface area (TPSA) is 29.1 Å². The van der Waals surface area contributed by atoms with Crippen LogP contribution in [0.25, 0.3) is 0 Å². The fraction of sp³-hybridized carbons (Fsp3) is 0.708. The van der Waals surface area contributed by atoms with Crippen molar-refractivity contribution >= 4 is 6.29 Å². The third kappa shape index (κ3) is 19.2. The Bertz CT molecular complexity index is 372. The summed E-state index contributed by atoms with van der Waals surface area (Å²) in [5.41, 5.74) is 2.91. The van der Waals surface area contributed by atoms with Crippen LogP contribution in [-0.2, 0) is 17.8 Å². The van der Waals surface area contributed by atoms with E-state index in [9.17, 15) is 0 Å². The Labute approximate surface area is 164 Å². The molecule has 0 aliphatic heterocycles. The molecule has 0 aliphatic rings. The van der Waals surface area contributed by atoms with Crippen molar-refractivity contribution < 1.29 is 4.79 Å². The van der Waals surface area contributed by atoms with Gasteiger partial charge in [0.2, 0.25) is 0 Å². The zero-order valence-corrected chi connectivity index (χ0v) is 18.3. The molecule has 0 aliphatic carbocycles. The fourth-order valence-electron chi connectivity index (χ4n) is 2.64. The largest absolute Gasteiger partial charge is 0.313 e. The van der Waals surface area contributed by atoms with Crippen LogP contribution in [0.4, 0.5) is 0 Å². The maximum Gasteiger partial charge on any atom is 0.116 e. The Balaban J connectivity index is 0. The van der Waals surface area contributed by atoms with Crippen LogP contribution in [0.1, 0.15) is 104 Å². The van der Waals surface area contributed by atoms with Crippen molar-refractivity contribution in [2.24, 2.45) is 0 Å². The molecular formula is C24H45NO. The Morgan fingerprint density at radius 1 is 0.769 bits per heavy atom. The molecule has 2 nitrogen and oxygen atoms in total. The summed E-state index contributed by atoms with van der Waals surface area (Å²) >= 11 is 0. The summed E-state index contributed by atoms with van der Waals surface area (Å²) in [5.74, 6) is 0. The second kappa shape index (κ2) is 23.9. The van der Waals surface area contributed by atoms with Crippen molar-refractivity contribution in [1.82, 2.24) is 5.32 Å². The molecule has 1 aromatic carbocycles. The summed E-state index contributed by atoms with van der Waals surface area (Å²) in [4.78, 5) is 8.81. The number of carbonyl (C=O) groups is 1.